The number of benzene rings is 1. The maximum atomic E-state index is 12.6. The molecule has 1 atom stereocenters. The van der Waals surface area contributed by atoms with Gasteiger partial charge in [-0.05, 0) is 49.5 Å². The van der Waals surface area contributed by atoms with Gasteiger partial charge in [0.2, 0.25) is 10.0 Å². The van der Waals surface area contributed by atoms with Crippen LogP contribution in [0.15, 0.2) is 52.0 Å². The third-order valence-electron chi connectivity index (χ3n) is 4.25. The standard InChI is InChI=1S/C18H25N3O4S/c1-4-21(5-2)16(17-7-6-12-25-17)13-20-26(23,24)15-10-8-14(9-11-15)18(22)19-3/h6-12,16,20H,4-5,13H2,1-3H3,(H,19,22)/t16-/m1/s1. The first-order chi connectivity index (χ1) is 12.4. The molecule has 0 aliphatic carbocycles. The number of furan rings is 1. The van der Waals surface area contributed by atoms with Crippen LogP contribution in [0.25, 0.3) is 0 Å². The van der Waals surface area contributed by atoms with Crippen molar-refractivity contribution in [3.63, 3.8) is 0 Å². The van der Waals surface area contributed by atoms with Gasteiger partial charge in [0.1, 0.15) is 5.76 Å². The topological polar surface area (TPSA) is 91.7 Å². The van der Waals surface area contributed by atoms with E-state index in [2.05, 4.69) is 14.9 Å². The van der Waals surface area contributed by atoms with Gasteiger partial charge in [0.25, 0.3) is 5.91 Å². The molecular formula is C18H25N3O4S. The molecule has 0 unspecified atom stereocenters. The van der Waals surface area contributed by atoms with Gasteiger partial charge in [0, 0.05) is 19.2 Å². The number of sulfonamides is 1. The molecule has 0 bridgehead atoms. The number of carbonyl (C=O) groups is 1. The number of carbonyl (C=O) groups excluding carboxylic acids is 1. The summed E-state index contributed by atoms with van der Waals surface area (Å²) in [7, 11) is -2.17. The predicted octanol–water partition coefficient (Wildman–Crippen LogP) is 2.00. The molecule has 0 spiro atoms. The van der Waals surface area contributed by atoms with Crippen molar-refractivity contribution in [2.45, 2.75) is 24.8 Å². The van der Waals surface area contributed by atoms with Gasteiger partial charge in [0.15, 0.2) is 0 Å². The summed E-state index contributed by atoms with van der Waals surface area (Å²) >= 11 is 0. The second-order valence-electron chi connectivity index (χ2n) is 5.71. The highest BCUT2D eigenvalue weighted by Crippen LogP contribution is 2.21. The Morgan fingerprint density at radius 3 is 2.31 bits per heavy atom. The Labute approximate surface area is 154 Å². The third-order valence-corrected chi connectivity index (χ3v) is 5.68. The fourth-order valence-corrected chi connectivity index (χ4v) is 3.80. The third kappa shape index (κ3) is 4.72. The summed E-state index contributed by atoms with van der Waals surface area (Å²) in [5.41, 5.74) is 0.406. The van der Waals surface area contributed by atoms with Gasteiger partial charge in [-0.1, -0.05) is 13.8 Å². The molecule has 142 valence electrons. The lowest BCUT2D eigenvalue weighted by Crippen LogP contribution is -2.37. The molecule has 1 aromatic heterocycles. The van der Waals surface area contributed by atoms with Crippen molar-refractivity contribution in [2.75, 3.05) is 26.7 Å². The van der Waals surface area contributed by atoms with Crippen molar-refractivity contribution < 1.29 is 17.6 Å². The van der Waals surface area contributed by atoms with Crippen LogP contribution in [0.1, 0.15) is 36.0 Å². The molecule has 1 heterocycles. The Bertz CT molecular complexity index is 797. The summed E-state index contributed by atoms with van der Waals surface area (Å²) in [6.45, 7) is 5.76. The number of amides is 1. The molecule has 26 heavy (non-hydrogen) atoms. The van der Waals surface area contributed by atoms with Crippen molar-refractivity contribution >= 4 is 15.9 Å². The van der Waals surface area contributed by atoms with Crippen LogP contribution in [-0.4, -0.2) is 45.9 Å². The van der Waals surface area contributed by atoms with Crippen molar-refractivity contribution in [1.29, 1.82) is 0 Å². The van der Waals surface area contributed by atoms with Gasteiger partial charge >= 0.3 is 0 Å². The minimum absolute atomic E-state index is 0.114. The normalized spacial score (nSPS) is 12.9. The van der Waals surface area contributed by atoms with Gasteiger partial charge in [-0.15, -0.1) is 0 Å². The first-order valence-electron chi connectivity index (χ1n) is 8.52. The molecule has 7 nitrogen and oxygen atoms in total. The Morgan fingerprint density at radius 2 is 1.81 bits per heavy atom. The zero-order valence-corrected chi connectivity index (χ0v) is 16.0. The molecule has 0 saturated heterocycles. The average Bonchev–Trinajstić information content (AvgIpc) is 3.19. The van der Waals surface area contributed by atoms with Crippen LogP contribution < -0.4 is 10.0 Å². The van der Waals surface area contributed by atoms with E-state index in [1.165, 1.54) is 31.3 Å². The molecule has 0 fully saturated rings. The average molecular weight is 379 g/mol. The fourth-order valence-electron chi connectivity index (χ4n) is 2.76. The highest BCUT2D eigenvalue weighted by molar-refractivity contribution is 7.89. The van der Waals surface area contributed by atoms with Gasteiger partial charge in [-0.2, -0.15) is 0 Å². The van der Waals surface area contributed by atoms with Crippen LogP contribution >= 0.6 is 0 Å². The molecule has 0 aliphatic heterocycles. The van der Waals surface area contributed by atoms with E-state index in [0.717, 1.165) is 13.1 Å². The lowest BCUT2D eigenvalue weighted by Gasteiger charge is -2.28. The summed E-state index contributed by atoms with van der Waals surface area (Å²) in [6.07, 6.45) is 1.58. The molecular weight excluding hydrogens is 354 g/mol. The van der Waals surface area contributed by atoms with Crippen LogP contribution in [-0.2, 0) is 10.0 Å². The minimum atomic E-state index is -3.70. The van der Waals surface area contributed by atoms with Crippen LogP contribution in [0, 0.1) is 0 Å². The van der Waals surface area contributed by atoms with Crippen molar-refractivity contribution in [3.05, 3.63) is 54.0 Å². The second kappa shape index (κ2) is 8.98. The molecule has 0 saturated carbocycles. The second-order valence-corrected chi connectivity index (χ2v) is 7.47. The molecule has 2 N–H and O–H groups in total. The van der Waals surface area contributed by atoms with Crippen LogP contribution in [0.3, 0.4) is 0 Å². The van der Waals surface area contributed by atoms with Crippen LogP contribution in [0.2, 0.25) is 0 Å². The van der Waals surface area contributed by atoms with Crippen molar-refractivity contribution in [3.8, 4) is 0 Å². The summed E-state index contributed by atoms with van der Waals surface area (Å²) in [5, 5.41) is 2.50. The number of hydrogen-bond donors (Lipinski definition) is 2. The lowest BCUT2D eigenvalue weighted by molar-refractivity contribution is 0.0963. The summed E-state index contributed by atoms with van der Waals surface area (Å²) in [5.74, 6) is 0.452. The summed E-state index contributed by atoms with van der Waals surface area (Å²) < 4.78 is 33.3. The van der Waals surface area contributed by atoms with Crippen LogP contribution in [0.4, 0.5) is 0 Å². The number of nitrogens with one attached hydrogen (secondary N) is 2. The lowest BCUT2D eigenvalue weighted by atomic mass is 10.2. The molecule has 0 aliphatic rings. The van der Waals surface area contributed by atoms with E-state index < -0.39 is 10.0 Å². The molecule has 1 amide bonds. The van der Waals surface area contributed by atoms with E-state index in [9.17, 15) is 13.2 Å². The number of nitrogens with zero attached hydrogens (tertiary/aromatic N) is 1. The van der Waals surface area contributed by atoms with E-state index in [4.69, 9.17) is 4.42 Å². The van der Waals surface area contributed by atoms with Crippen molar-refractivity contribution in [2.24, 2.45) is 0 Å². The molecule has 2 rings (SSSR count). The zero-order chi connectivity index (χ0) is 19.2. The quantitative estimate of drug-likeness (QED) is 0.695. The smallest absolute Gasteiger partial charge is 0.251 e. The molecule has 0 radical (unpaired) electrons. The van der Waals surface area contributed by atoms with E-state index in [1.807, 2.05) is 19.9 Å². The van der Waals surface area contributed by atoms with E-state index in [0.29, 0.717) is 11.3 Å². The zero-order valence-electron chi connectivity index (χ0n) is 15.2. The fraction of sp³-hybridized carbons (Fsp3) is 0.389. The summed E-state index contributed by atoms with van der Waals surface area (Å²) in [4.78, 5) is 13.8. The van der Waals surface area contributed by atoms with E-state index in [1.54, 1.807) is 12.3 Å². The Kier molecular flexibility index (Phi) is 6.96. The first kappa shape index (κ1) is 20.2. The highest BCUT2D eigenvalue weighted by Gasteiger charge is 2.24. The summed E-state index contributed by atoms with van der Waals surface area (Å²) in [6, 6.07) is 9.26. The first-order valence-corrected chi connectivity index (χ1v) is 10.0. The Hall–Kier alpha value is -2.16. The molecule has 1 aromatic carbocycles. The largest absolute Gasteiger partial charge is 0.468 e. The van der Waals surface area contributed by atoms with Gasteiger partial charge in [0.05, 0.1) is 17.2 Å². The highest BCUT2D eigenvalue weighted by atomic mass is 32.2. The molecule has 8 heteroatoms. The van der Waals surface area contributed by atoms with Gasteiger partial charge in [-0.25, -0.2) is 13.1 Å². The molecule has 2 aromatic rings. The SMILES string of the molecule is CCN(CC)[C@H](CNS(=O)(=O)c1ccc(C(=O)NC)cc1)c1ccco1. The van der Waals surface area contributed by atoms with E-state index in [-0.39, 0.29) is 23.4 Å². The monoisotopic (exact) mass is 379 g/mol. The Balaban J connectivity index is 2.15. The van der Waals surface area contributed by atoms with Gasteiger partial charge < -0.3 is 9.73 Å². The predicted molar refractivity (Wildman–Crippen MR) is 99.4 cm³/mol. The Morgan fingerprint density at radius 1 is 1.15 bits per heavy atom. The number of hydrogen-bond acceptors (Lipinski definition) is 5. The van der Waals surface area contributed by atoms with Crippen molar-refractivity contribution in [1.82, 2.24) is 14.9 Å². The number of likely N-dealkylation sites (N-methyl/N-ethyl adjacent to an activating group) is 1. The maximum absolute atomic E-state index is 12.6. The maximum Gasteiger partial charge on any atom is 0.251 e. The number of rotatable bonds is 9. The van der Waals surface area contributed by atoms with Gasteiger partial charge in [-0.3, -0.25) is 9.69 Å². The minimum Gasteiger partial charge on any atom is -0.468 e. The van der Waals surface area contributed by atoms with Crippen LogP contribution in [0.5, 0.6) is 0 Å². The van der Waals surface area contributed by atoms with E-state index >= 15 is 0 Å².